The second-order valence-electron chi connectivity index (χ2n) is 7.67. The van der Waals surface area contributed by atoms with Gasteiger partial charge >= 0.3 is 0 Å². The highest BCUT2D eigenvalue weighted by Crippen LogP contribution is 2.32. The van der Waals surface area contributed by atoms with Crippen LogP contribution in [0.4, 0.5) is 10.3 Å². The Labute approximate surface area is 244 Å². The number of amides is 2. The van der Waals surface area contributed by atoms with Gasteiger partial charge in [0.2, 0.25) is 0 Å². The number of nitrogens with zero attached hydrogens (tertiary/aromatic N) is 3. The van der Waals surface area contributed by atoms with Crippen molar-refractivity contribution in [3.63, 3.8) is 0 Å². The standard InChI is InChI=1S/C25H13Cl4N5O2S2/c26-15-4-1-12(7-17(15)28)20-10-37-24(31-20)33-22(35)14-3-6-19(30-9-14)23(36)34-25-32-21(11-38-25)13-2-5-16(27)18(29)8-13/h1-11H,(H,31,33,35)(H,32,34,36). The third kappa shape index (κ3) is 5.99. The minimum absolute atomic E-state index is 0.129. The molecule has 0 fully saturated rings. The van der Waals surface area contributed by atoms with Gasteiger partial charge in [-0.25, -0.2) is 9.97 Å². The van der Waals surface area contributed by atoms with Crippen molar-refractivity contribution in [1.29, 1.82) is 0 Å². The van der Waals surface area contributed by atoms with Gasteiger partial charge in [0, 0.05) is 28.1 Å². The molecule has 2 aromatic carbocycles. The molecule has 0 atom stereocenters. The molecule has 2 amide bonds. The Morgan fingerprint density at radius 3 is 1.66 bits per heavy atom. The first kappa shape index (κ1) is 26.6. The fourth-order valence-electron chi connectivity index (χ4n) is 3.23. The third-order valence-corrected chi connectivity index (χ3v) is 8.13. The van der Waals surface area contributed by atoms with Crippen molar-refractivity contribution in [2.45, 2.75) is 0 Å². The first-order valence-electron chi connectivity index (χ1n) is 10.7. The molecule has 0 aliphatic rings. The highest BCUT2D eigenvalue weighted by Gasteiger charge is 2.15. The Morgan fingerprint density at radius 1 is 0.658 bits per heavy atom. The Kier molecular flexibility index (Phi) is 7.94. The van der Waals surface area contributed by atoms with Crippen LogP contribution in [0.3, 0.4) is 0 Å². The van der Waals surface area contributed by atoms with E-state index >= 15 is 0 Å². The molecule has 5 aromatic rings. The van der Waals surface area contributed by atoms with E-state index in [1.54, 1.807) is 47.2 Å². The highest BCUT2D eigenvalue weighted by molar-refractivity contribution is 7.14. The molecule has 0 radical (unpaired) electrons. The lowest BCUT2D eigenvalue weighted by atomic mass is 10.2. The van der Waals surface area contributed by atoms with E-state index in [2.05, 4.69) is 25.6 Å². The fraction of sp³-hybridized carbons (Fsp3) is 0. The average Bonchev–Trinajstić information content (AvgIpc) is 3.57. The van der Waals surface area contributed by atoms with Crippen molar-refractivity contribution < 1.29 is 9.59 Å². The van der Waals surface area contributed by atoms with Gasteiger partial charge in [0.05, 0.1) is 37.0 Å². The molecule has 0 unspecified atom stereocenters. The smallest absolute Gasteiger partial charge is 0.276 e. The van der Waals surface area contributed by atoms with E-state index in [-0.39, 0.29) is 11.3 Å². The predicted molar refractivity (Wildman–Crippen MR) is 155 cm³/mol. The molecule has 190 valence electrons. The van der Waals surface area contributed by atoms with Crippen LogP contribution >= 0.6 is 69.1 Å². The number of hydrogen-bond donors (Lipinski definition) is 2. The zero-order valence-corrected chi connectivity index (χ0v) is 23.5. The lowest BCUT2D eigenvalue weighted by molar-refractivity contribution is 0.101. The summed E-state index contributed by atoms with van der Waals surface area (Å²) < 4.78 is 0. The SMILES string of the molecule is O=C(Nc1nc(-c2ccc(Cl)c(Cl)c2)cs1)c1ccc(C(=O)Nc2nc(-c3ccc(Cl)c(Cl)c3)cs2)nc1. The van der Waals surface area contributed by atoms with Gasteiger partial charge in [0.25, 0.3) is 11.8 Å². The maximum Gasteiger partial charge on any atom is 0.276 e. The van der Waals surface area contributed by atoms with Crippen LogP contribution < -0.4 is 10.6 Å². The van der Waals surface area contributed by atoms with Gasteiger partial charge < -0.3 is 0 Å². The van der Waals surface area contributed by atoms with E-state index in [1.165, 1.54) is 41.0 Å². The van der Waals surface area contributed by atoms with E-state index in [9.17, 15) is 9.59 Å². The number of pyridine rings is 1. The summed E-state index contributed by atoms with van der Waals surface area (Å²) in [6.07, 6.45) is 1.32. The van der Waals surface area contributed by atoms with E-state index in [0.29, 0.717) is 41.7 Å². The number of nitrogens with one attached hydrogen (secondary N) is 2. The number of halogens is 4. The van der Waals surface area contributed by atoms with Gasteiger partial charge in [0.1, 0.15) is 5.69 Å². The zero-order chi connectivity index (χ0) is 26.8. The largest absolute Gasteiger partial charge is 0.298 e. The Morgan fingerprint density at radius 2 is 1.18 bits per heavy atom. The number of benzene rings is 2. The van der Waals surface area contributed by atoms with Gasteiger partial charge in [-0.3, -0.25) is 25.2 Å². The fourth-order valence-corrected chi connectivity index (χ4v) is 5.26. The van der Waals surface area contributed by atoms with E-state index < -0.39 is 11.8 Å². The molecule has 0 bridgehead atoms. The van der Waals surface area contributed by atoms with E-state index in [0.717, 1.165) is 11.1 Å². The monoisotopic (exact) mass is 619 g/mol. The number of aromatic nitrogens is 3. The lowest BCUT2D eigenvalue weighted by Gasteiger charge is -2.04. The minimum atomic E-state index is -0.460. The molecule has 0 spiro atoms. The zero-order valence-electron chi connectivity index (χ0n) is 18.8. The molecule has 0 aliphatic heterocycles. The first-order valence-corrected chi connectivity index (χ1v) is 13.9. The van der Waals surface area contributed by atoms with Crippen LogP contribution in [0.1, 0.15) is 20.8 Å². The van der Waals surface area contributed by atoms with E-state index in [4.69, 9.17) is 46.4 Å². The lowest BCUT2D eigenvalue weighted by Crippen LogP contribution is -2.16. The summed E-state index contributed by atoms with van der Waals surface area (Å²) in [5, 5.41) is 11.5. The summed E-state index contributed by atoms with van der Waals surface area (Å²) in [5.41, 5.74) is 3.24. The molecule has 0 saturated heterocycles. The number of hydrogen-bond acceptors (Lipinski definition) is 7. The normalized spacial score (nSPS) is 10.8. The molecule has 5 rings (SSSR count). The number of rotatable bonds is 6. The van der Waals surface area contributed by atoms with Gasteiger partial charge in [-0.1, -0.05) is 58.5 Å². The quantitative estimate of drug-likeness (QED) is 0.198. The molecular formula is C25H13Cl4N5O2S2. The Hall–Kier alpha value is -3.05. The van der Waals surface area contributed by atoms with Crippen LogP contribution in [-0.4, -0.2) is 26.8 Å². The van der Waals surface area contributed by atoms with Crippen molar-refractivity contribution >= 4 is 91.2 Å². The van der Waals surface area contributed by atoms with Crippen molar-refractivity contribution in [2.75, 3.05) is 10.6 Å². The topological polar surface area (TPSA) is 96.9 Å². The molecule has 7 nitrogen and oxygen atoms in total. The van der Waals surface area contributed by atoms with Crippen molar-refractivity contribution in [3.8, 4) is 22.5 Å². The van der Waals surface area contributed by atoms with Crippen LogP contribution in [0.15, 0.2) is 65.5 Å². The second-order valence-corrected chi connectivity index (χ2v) is 11.0. The number of thiazole rings is 2. The number of carbonyl (C=O) groups is 2. The van der Waals surface area contributed by atoms with Crippen molar-refractivity contribution in [2.24, 2.45) is 0 Å². The predicted octanol–water partition coefficient (Wildman–Crippen LogP) is 8.45. The summed E-state index contributed by atoms with van der Waals surface area (Å²) in [6.45, 7) is 0. The maximum absolute atomic E-state index is 12.7. The van der Waals surface area contributed by atoms with E-state index in [1.807, 2.05) is 0 Å². The van der Waals surface area contributed by atoms with Crippen LogP contribution in [0, 0.1) is 0 Å². The van der Waals surface area contributed by atoms with Crippen LogP contribution in [-0.2, 0) is 0 Å². The van der Waals surface area contributed by atoms with Gasteiger partial charge in [-0.15, -0.1) is 22.7 Å². The maximum atomic E-state index is 12.7. The minimum Gasteiger partial charge on any atom is -0.298 e. The summed E-state index contributed by atoms with van der Waals surface area (Å²) in [6, 6.07) is 13.3. The molecule has 0 saturated carbocycles. The van der Waals surface area contributed by atoms with Crippen LogP contribution in [0.25, 0.3) is 22.5 Å². The Bertz CT molecular complexity index is 1550. The summed E-state index contributed by atoms with van der Waals surface area (Å²) in [4.78, 5) is 38.3. The van der Waals surface area contributed by atoms with Gasteiger partial charge in [-0.2, -0.15) is 0 Å². The van der Waals surface area contributed by atoms with Crippen LogP contribution in [0.2, 0.25) is 20.1 Å². The number of anilines is 2. The van der Waals surface area contributed by atoms with Crippen molar-refractivity contribution in [3.05, 3.63) is 96.8 Å². The molecule has 3 heterocycles. The molecule has 3 aromatic heterocycles. The third-order valence-electron chi connectivity index (χ3n) is 5.14. The molecule has 2 N–H and O–H groups in total. The first-order chi connectivity index (χ1) is 18.3. The Balaban J connectivity index is 1.21. The molecule has 13 heteroatoms. The van der Waals surface area contributed by atoms with Crippen molar-refractivity contribution in [1.82, 2.24) is 15.0 Å². The molecular weight excluding hydrogens is 608 g/mol. The van der Waals surface area contributed by atoms with Crippen LogP contribution in [0.5, 0.6) is 0 Å². The second kappa shape index (κ2) is 11.4. The van der Waals surface area contributed by atoms with Gasteiger partial charge in [0.15, 0.2) is 10.3 Å². The molecule has 0 aliphatic carbocycles. The average molecular weight is 621 g/mol. The summed E-state index contributed by atoms with van der Waals surface area (Å²) in [5.74, 6) is -0.871. The summed E-state index contributed by atoms with van der Waals surface area (Å²) in [7, 11) is 0. The molecule has 38 heavy (non-hydrogen) atoms. The highest BCUT2D eigenvalue weighted by atomic mass is 35.5. The van der Waals surface area contributed by atoms with Gasteiger partial charge in [-0.05, 0) is 36.4 Å². The number of carbonyl (C=O) groups excluding carboxylic acids is 2. The summed E-state index contributed by atoms with van der Waals surface area (Å²) >= 11 is 26.6.